The van der Waals surface area contributed by atoms with E-state index in [9.17, 15) is 5.11 Å². The molecule has 1 atom stereocenters. The second kappa shape index (κ2) is 6.63. The van der Waals surface area contributed by atoms with E-state index in [2.05, 4.69) is 44.9 Å². The van der Waals surface area contributed by atoms with Gasteiger partial charge in [-0.05, 0) is 53.4 Å². The number of aromatic nitrogens is 2. The van der Waals surface area contributed by atoms with Gasteiger partial charge in [-0.1, -0.05) is 19.3 Å². The third-order valence-corrected chi connectivity index (χ3v) is 6.46. The minimum Gasteiger partial charge on any atom is -0.387 e. The molecule has 114 valence electrons. The summed E-state index contributed by atoms with van der Waals surface area (Å²) < 4.78 is 3.21. The van der Waals surface area contributed by atoms with Crippen LogP contribution in [0.2, 0.25) is 0 Å². The second-order valence-corrected chi connectivity index (χ2v) is 8.31. The van der Waals surface area contributed by atoms with Crippen molar-refractivity contribution >= 4 is 27.3 Å². The lowest BCUT2D eigenvalue weighted by molar-refractivity contribution is 0.180. The molecule has 0 amide bonds. The molecule has 1 aliphatic rings. The number of rotatable bonds is 4. The van der Waals surface area contributed by atoms with Gasteiger partial charge in [-0.25, -0.2) is 0 Å². The fourth-order valence-electron chi connectivity index (χ4n) is 2.98. The molecule has 0 aliphatic heterocycles. The van der Waals surface area contributed by atoms with Gasteiger partial charge in [-0.2, -0.15) is 5.10 Å². The summed E-state index contributed by atoms with van der Waals surface area (Å²) in [6.07, 6.45) is 8.65. The Kier molecular flexibility index (Phi) is 4.82. The van der Waals surface area contributed by atoms with Crippen LogP contribution in [-0.4, -0.2) is 14.9 Å². The van der Waals surface area contributed by atoms with E-state index in [-0.39, 0.29) is 0 Å². The number of aliphatic hydroxyl groups is 1. The van der Waals surface area contributed by atoms with E-state index in [1.54, 1.807) is 11.3 Å². The third kappa shape index (κ3) is 3.58. The highest BCUT2D eigenvalue weighted by molar-refractivity contribution is 9.11. The zero-order chi connectivity index (χ0) is 14.8. The number of hydrogen-bond donors (Lipinski definition) is 1. The standard InChI is InChI=1S/C16H21BrN2OS/c1-11-9-15(21-16(11)17)14(20)10-12-7-8-19(18-12)13-5-3-2-4-6-13/h7-9,13-14,20H,2-6,10H2,1H3. The molecule has 2 aromatic rings. The first-order valence-electron chi connectivity index (χ1n) is 7.61. The minimum absolute atomic E-state index is 0.463. The van der Waals surface area contributed by atoms with Crippen LogP contribution in [0.1, 0.15) is 60.4 Å². The molecule has 21 heavy (non-hydrogen) atoms. The number of halogens is 1. The Morgan fingerprint density at radius 3 is 2.86 bits per heavy atom. The van der Waals surface area contributed by atoms with Gasteiger partial charge in [0.25, 0.3) is 0 Å². The molecule has 0 spiro atoms. The highest BCUT2D eigenvalue weighted by atomic mass is 79.9. The van der Waals surface area contributed by atoms with Gasteiger partial charge in [0.15, 0.2) is 0 Å². The van der Waals surface area contributed by atoms with Gasteiger partial charge in [-0.3, -0.25) is 4.68 Å². The van der Waals surface area contributed by atoms with Gasteiger partial charge in [0, 0.05) is 17.5 Å². The molecule has 1 unspecified atom stereocenters. The van der Waals surface area contributed by atoms with E-state index in [0.717, 1.165) is 14.4 Å². The highest BCUT2D eigenvalue weighted by Crippen LogP contribution is 2.33. The Balaban J connectivity index is 1.66. The van der Waals surface area contributed by atoms with Gasteiger partial charge in [0.2, 0.25) is 0 Å². The Hall–Kier alpha value is -0.650. The van der Waals surface area contributed by atoms with Crippen LogP contribution in [0.25, 0.3) is 0 Å². The second-order valence-electron chi connectivity index (χ2n) is 5.90. The van der Waals surface area contributed by atoms with Crippen molar-refractivity contribution < 1.29 is 5.11 Å². The maximum Gasteiger partial charge on any atom is 0.0938 e. The van der Waals surface area contributed by atoms with E-state index < -0.39 is 6.10 Å². The molecule has 0 aromatic carbocycles. The molecule has 1 saturated carbocycles. The Morgan fingerprint density at radius 2 is 2.19 bits per heavy atom. The Bertz CT molecular complexity index is 582. The van der Waals surface area contributed by atoms with Crippen LogP contribution in [0.5, 0.6) is 0 Å². The number of aliphatic hydroxyl groups excluding tert-OH is 1. The normalized spacial score (nSPS) is 18.0. The molecule has 1 fully saturated rings. The van der Waals surface area contributed by atoms with Crippen molar-refractivity contribution in [3.63, 3.8) is 0 Å². The van der Waals surface area contributed by atoms with E-state index >= 15 is 0 Å². The Morgan fingerprint density at radius 1 is 1.43 bits per heavy atom. The summed E-state index contributed by atoms with van der Waals surface area (Å²) in [5.41, 5.74) is 2.16. The average molecular weight is 369 g/mol. The fourth-order valence-corrected chi connectivity index (χ4v) is 4.54. The molecule has 3 nitrogen and oxygen atoms in total. The molecule has 0 saturated heterocycles. The van der Waals surface area contributed by atoms with Crippen LogP contribution in [0.3, 0.4) is 0 Å². The van der Waals surface area contributed by atoms with Gasteiger partial charge >= 0.3 is 0 Å². The van der Waals surface area contributed by atoms with Crippen LogP contribution in [0.4, 0.5) is 0 Å². The molecular formula is C16H21BrN2OS. The van der Waals surface area contributed by atoms with Gasteiger partial charge in [0.1, 0.15) is 0 Å². The van der Waals surface area contributed by atoms with Crippen molar-refractivity contribution in [3.8, 4) is 0 Å². The summed E-state index contributed by atoms with van der Waals surface area (Å²) in [7, 11) is 0. The molecular weight excluding hydrogens is 348 g/mol. The lowest BCUT2D eigenvalue weighted by Gasteiger charge is -2.21. The maximum atomic E-state index is 10.4. The SMILES string of the molecule is Cc1cc(C(O)Cc2ccn(C3CCCCC3)n2)sc1Br. The minimum atomic E-state index is -0.463. The third-order valence-electron chi connectivity index (χ3n) is 4.22. The molecule has 1 aliphatic carbocycles. The van der Waals surface area contributed by atoms with Crippen LogP contribution < -0.4 is 0 Å². The lowest BCUT2D eigenvalue weighted by Crippen LogP contribution is -2.13. The molecule has 0 radical (unpaired) electrons. The molecule has 2 heterocycles. The molecule has 1 N–H and O–H groups in total. The molecule has 5 heteroatoms. The molecule has 3 rings (SSSR count). The summed E-state index contributed by atoms with van der Waals surface area (Å²) >= 11 is 5.12. The van der Waals surface area contributed by atoms with Crippen molar-refractivity contribution in [2.75, 3.05) is 0 Å². The van der Waals surface area contributed by atoms with E-state index in [0.29, 0.717) is 12.5 Å². The Labute approximate surface area is 138 Å². The van der Waals surface area contributed by atoms with Crippen molar-refractivity contribution in [1.82, 2.24) is 9.78 Å². The molecule has 0 bridgehead atoms. The lowest BCUT2D eigenvalue weighted by atomic mass is 9.96. The number of thiophene rings is 1. The monoisotopic (exact) mass is 368 g/mol. The van der Waals surface area contributed by atoms with Gasteiger partial charge < -0.3 is 5.11 Å². The predicted molar refractivity (Wildman–Crippen MR) is 89.8 cm³/mol. The topological polar surface area (TPSA) is 38.0 Å². The first-order valence-corrected chi connectivity index (χ1v) is 9.22. The van der Waals surface area contributed by atoms with Crippen LogP contribution in [0, 0.1) is 6.92 Å². The summed E-state index contributed by atoms with van der Waals surface area (Å²) in [6.45, 7) is 2.05. The highest BCUT2D eigenvalue weighted by Gasteiger charge is 2.18. The first-order chi connectivity index (χ1) is 10.1. The number of hydrogen-bond acceptors (Lipinski definition) is 3. The smallest absolute Gasteiger partial charge is 0.0938 e. The van der Waals surface area contributed by atoms with E-state index in [4.69, 9.17) is 0 Å². The zero-order valence-electron chi connectivity index (χ0n) is 12.3. The van der Waals surface area contributed by atoms with Crippen LogP contribution >= 0.6 is 27.3 Å². The van der Waals surface area contributed by atoms with Crippen molar-refractivity contribution in [2.24, 2.45) is 0 Å². The quantitative estimate of drug-likeness (QED) is 0.841. The van der Waals surface area contributed by atoms with E-state index in [1.165, 1.54) is 37.7 Å². The summed E-state index contributed by atoms with van der Waals surface area (Å²) in [5.74, 6) is 0. The van der Waals surface area contributed by atoms with Gasteiger partial charge in [-0.15, -0.1) is 11.3 Å². The zero-order valence-corrected chi connectivity index (χ0v) is 14.7. The van der Waals surface area contributed by atoms with Crippen LogP contribution in [-0.2, 0) is 6.42 Å². The van der Waals surface area contributed by atoms with E-state index in [1.807, 2.05) is 6.07 Å². The fraction of sp³-hybridized carbons (Fsp3) is 0.562. The summed E-state index contributed by atoms with van der Waals surface area (Å²) in [5, 5.41) is 15.0. The number of aryl methyl sites for hydroxylation is 1. The largest absolute Gasteiger partial charge is 0.387 e. The van der Waals surface area contributed by atoms with Crippen LogP contribution in [0.15, 0.2) is 22.1 Å². The van der Waals surface area contributed by atoms with Gasteiger partial charge in [0.05, 0.1) is 21.6 Å². The number of nitrogens with zero attached hydrogens (tertiary/aromatic N) is 2. The maximum absolute atomic E-state index is 10.4. The van der Waals surface area contributed by atoms with Crippen molar-refractivity contribution in [3.05, 3.63) is 38.3 Å². The van der Waals surface area contributed by atoms with Crippen molar-refractivity contribution in [2.45, 2.75) is 57.6 Å². The summed E-state index contributed by atoms with van der Waals surface area (Å²) in [6, 6.07) is 4.66. The van der Waals surface area contributed by atoms with Crippen molar-refractivity contribution in [1.29, 1.82) is 0 Å². The average Bonchev–Trinajstić information content (AvgIpc) is 3.08. The predicted octanol–water partition coefficient (Wildman–Crippen LogP) is 4.80. The molecule has 2 aromatic heterocycles. The summed E-state index contributed by atoms with van der Waals surface area (Å²) in [4.78, 5) is 1.01. The first kappa shape index (κ1) is 15.3.